The van der Waals surface area contributed by atoms with Crippen LogP contribution >= 0.6 is 0 Å². The SMILES string of the molecule is NC(N)c1cccc(OCC(Cc2ccccc2)NC(=O)c2ccc(-c3ccccc3S(N)(=O)=O)cc2)c1. The van der Waals surface area contributed by atoms with Gasteiger partial charge in [-0.05, 0) is 53.4 Å². The Hall–Kier alpha value is -4.02. The number of primary sulfonamides is 1. The van der Waals surface area contributed by atoms with Gasteiger partial charge < -0.3 is 21.5 Å². The van der Waals surface area contributed by atoms with E-state index >= 15 is 0 Å². The number of ether oxygens (including phenoxy) is 1. The molecule has 7 N–H and O–H groups in total. The van der Waals surface area contributed by atoms with Gasteiger partial charge in [0.05, 0.1) is 17.1 Å². The second-order valence-corrected chi connectivity index (χ2v) is 10.4. The summed E-state index contributed by atoms with van der Waals surface area (Å²) in [6.07, 6.45) is -0.0547. The largest absolute Gasteiger partial charge is 0.491 e. The lowest BCUT2D eigenvalue weighted by molar-refractivity contribution is 0.0921. The van der Waals surface area contributed by atoms with Gasteiger partial charge in [-0.15, -0.1) is 0 Å². The first-order valence-electron chi connectivity index (χ1n) is 12.0. The molecule has 1 amide bonds. The summed E-state index contributed by atoms with van der Waals surface area (Å²) in [6.45, 7) is 0.226. The molecule has 0 aliphatic carbocycles. The maximum Gasteiger partial charge on any atom is 0.251 e. The summed E-state index contributed by atoms with van der Waals surface area (Å²) in [7, 11) is -3.90. The summed E-state index contributed by atoms with van der Waals surface area (Å²) >= 11 is 0. The zero-order valence-corrected chi connectivity index (χ0v) is 21.5. The fraction of sp³-hybridized carbons (Fsp3) is 0.138. The van der Waals surface area contributed by atoms with Crippen molar-refractivity contribution in [3.63, 3.8) is 0 Å². The number of nitrogens with two attached hydrogens (primary N) is 3. The Morgan fingerprint density at radius 2 is 1.53 bits per heavy atom. The van der Waals surface area contributed by atoms with E-state index in [1.165, 1.54) is 6.07 Å². The number of nitrogens with one attached hydrogen (secondary N) is 1. The quantitative estimate of drug-likeness (QED) is 0.231. The highest BCUT2D eigenvalue weighted by Crippen LogP contribution is 2.26. The van der Waals surface area contributed by atoms with E-state index in [0.29, 0.717) is 28.9 Å². The first-order chi connectivity index (χ1) is 18.2. The van der Waals surface area contributed by atoms with E-state index in [2.05, 4.69) is 5.32 Å². The van der Waals surface area contributed by atoms with Crippen LogP contribution in [0.15, 0.2) is 108 Å². The standard InChI is InChI=1S/C29H30N4O4S/c30-28(31)23-9-6-10-25(18-23)37-19-24(17-20-7-2-1-3-8-20)33-29(34)22-15-13-21(14-16-22)26-11-4-5-12-27(26)38(32,35)36/h1-16,18,24,28H,17,19,30-31H2,(H,33,34)(H2,32,35,36). The Morgan fingerprint density at radius 1 is 0.842 bits per heavy atom. The Balaban J connectivity index is 1.51. The van der Waals surface area contributed by atoms with E-state index in [4.69, 9.17) is 21.3 Å². The third-order valence-corrected chi connectivity index (χ3v) is 6.98. The lowest BCUT2D eigenvalue weighted by atomic mass is 10.0. The number of amides is 1. The molecule has 1 atom stereocenters. The topological polar surface area (TPSA) is 151 Å². The summed E-state index contributed by atoms with van der Waals surface area (Å²) < 4.78 is 30.0. The zero-order valence-electron chi connectivity index (χ0n) is 20.7. The molecule has 0 saturated carbocycles. The van der Waals surface area contributed by atoms with Crippen molar-refractivity contribution >= 4 is 15.9 Å². The molecule has 0 radical (unpaired) electrons. The number of carbonyl (C=O) groups excluding carboxylic acids is 1. The first kappa shape index (κ1) is 27.0. The van der Waals surface area contributed by atoms with Gasteiger partial charge in [0.1, 0.15) is 12.4 Å². The fourth-order valence-electron chi connectivity index (χ4n) is 4.08. The number of hydrogen-bond acceptors (Lipinski definition) is 6. The molecule has 0 bridgehead atoms. The van der Waals surface area contributed by atoms with Gasteiger partial charge in [-0.3, -0.25) is 4.79 Å². The highest BCUT2D eigenvalue weighted by molar-refractivity contribution is 7.89. The highest BCUT2D eigenvalue weighted by atomic mass is 32.2. The summed E-state index contributed by atoms with van der Waals surface area (Å²) in [4.78, 5) is 13.2. The molecule has 0 fully saturated rings. The third kappa shape index (κ3) is 7.05. The van der Waals surface area contributed by atoms with Crippen molar-refractivity contribution in [1.29, 1.82) is 0 Å². The minimum absolute atomic E-state index is 0.0249. The van der Waals surface area contributed by atoms with Gasteiger partial charge in [0.2, 0.25) is 10.0 Å². The van der Waals surface area contributed by atoms with Crippen molar-refractivity contribution < 1.29 is 17.9 Å². The minimum Gasteiger partial charge on any atom is -0.491 e. The molecule has 0 aliphatic rings. The van der Waals surface area contributed by atoms with Crippen molar-refractivity contribution in [2.24, 2.45) is 16.6 Å². The van der Waals surface area contributed by atoms with Crippen LogP contribution < -0.4 is 26.7 Å². The molecule has 0 heterocycles. The lowest BCUT2D eigenvalue weighted by Gasteiger charge is -2.20. The van der Waals surface area contributed by atoms with E-state index < -0.39 is 16.2 Å². The van der Waals surface area contributed by atoms with Crippen molar-refractivity contribution in [1.82, 2.24) is 5.32 Å². The maximum absolute atomic E-state index is 13.2. The van der Waals surface area contributed by atoms with E-state index in [9.17, 15) is 13.2 Å². The Kier molecular flexibility index (Phi) is 8.55. The molecule has 4 aromatic rings. The number of hydrogen-bond donors (Lipinski definition) is 4. The van der Waals surface area contributed by atoms with Gasteiger partial charge in [-0.1, -0.05) is 72.8 Å². The second kappa shape index (κ2) is 12.0. The highest BCUT2D eigenvalue weighted by Gasteiger charge is 2.18. The number of benzene rings is 4. The molecule has 4 aromatic carbocycles. The molecule has 4 rings (SSSR count). The molecule has 0 aliphatic heterocycles. The van der Waals surface area contributed by atoms with E-state index in [0.717, 1.165) is 11.1 Å². The predicted molar refractivity (Wildman–Crippen MR) is 148 cm³/mol. The van der Waals surface area contributed by atoms with Crippen molar-refractivity contribution in [2.75, 3.05) is 6.61 Å². The van der Waals surface area contributed by atoms with Gasteiger partial charge in [0.15, 0.2) is 0 Å². The molecule has 0 aromatic heterocycles. The molecule has 38 heavy (non-hydrogen) atoms. The Morgan fingerprint density at radius 3 is 2.21 bits per heavy atom. The van der Waals surface area contributed by atoms with Gasteiger partial charge in [0, 0.05) is 11.1 Å². The summed E-state index contributed by atoms with van der Waals surface area (Å²) in [5.41, 5.74) is 14.9. The molecule has 9 heteroatoms. The number of rotatable bonds is 10. The van der Waals surface area contributed by atoms with Crippen LogP contribution in [-0.4, -0.2) is 27.0 Å². The molecular formula is C29H30N4O4S. The van der Waals surface area contributed by atoms with Crippen LogP contribution in [0.3, 0.4) is 0 Å². The van der Waals surface area contributed by atoms with Gasteiger partial charge in [0.25, 0.3) is 5.91 Å². The number of carbonyl (C=O) groups is 1. The summed E-state index contributed by atoms with van der Waals surface area (Å²) in [5.74, 6) is 0.326. The molecule has 196 valence electrons. The van der Waals surface area contributed by atoms with Crippen LogP contribution in [0.4, 0.5) is 0 Å². The molecule has 0 spiro atoms. The maximum atomic E-state index is 13.2. The monoisotopic (exact) mass is 530 g/mol. The van der Waals surface area contributed by atoms with Crippen LogP contribution in [0.25, 0.3) is 11.1 Å². The van der Waals surface area contributed by atoms with Crippen LogP contribution in [0.5, 0.6) is 5.75 Å². The summed E-state index contributed by atoms with van der Waals surface area (Å²) in [6, 6.07) is 29.9. The van der Waals surface area contributed by atoms with Crippen LogP contribution in [0.1, 0.15) is 27.7 Å². The molecule has 0 saturated heterocycles. The van der Waals surface area contributed by atoms with Crippen LogP contribution in [0.2, 0.25) is 0 Å². The van der Waals surface area contributed by atoms with E-state index in [1.54, 1.807) is 48.5 Å². The average Bonchev–Trinajstić information content (AvgIpc) is 2.92. The van der Waals surface area contributed by atoms with E-state index in [-0.39, 0.29) is 23.5 Å². The second-order valence-electron chi connectivity index (χ2n) is 8.89. The normalized spacial score (nSPS) is 12.2. The van der Waals surface area contributed by atoms with Crippen molar-refractivity contribution in [3.05, 3.63) is 120 Å². The molecule has 1 unspecified atom stereocenters. The van der Waals surface area contributed by atoms with Gasteiger partial charge in [-0.2, -0.15) is 0 Å². The average molecular weight is 531 g/mol. The van der Waals surface area contributed by atoms with Gasteiger partial charge >= 0.3 is 0 Å². The van der Waals surface area contributed by atoms with Crippen LogP contribution in [-0.2, 0) is 16.4 Å². The zero-order chi connectivity index (χ0) is 27.1. The molecular weight excluding hydrogens is 500 g/mol. The number of sulfonamides is 1. The van der Waals surface area contributed by atoms with Crippen molar-refractivity contribution in [2.45, 2.75) is 23.5 Å². The molecule has 8 nitrogen and oxygen atoms in total. The third-order valence-electron chi connectivity index (χ3n) is 6.01. The fourth-order valence-corrected chi connectivity index (χ4v) is 4.84. The lowest BCUT2D eigenvalue weighted by Crippen LogP contribution is -2.40. The van der Waals surface area contributed by atoms with Gasteiger partial charge in [-0.25, -0.2) is 13.6 Å². The minimum atomic E-state index is -3.90. The van der Waals surface area contributed by atoms with Crippen LogP contribution in [0, 0.1) is 0 Å². The first-order valence-corrected chi connectivity index (χ1v) is 13.6. The van der Waals surface area contributed by atoms with E-state index in [1.807, 2.05) is 48.5 Å². The Bertz CT molecular complexity index is 1490. The van der Waals surface area contributed by atoms with Crippen molar-refractivity contribution in [3.8, 4) is 16.9 Å². The summed E-state index contributed by atoms with van der Waals surface area (Å²) in [5, 5.41) is 8.42. The predicted octanol–water partition coefficient (Wildman–Crippen LogP) is 3.34. The Labute approximate surface area is 222 Å². The smallest absolute Gasteiger partial charge is 0.251 e.